The minimum atomic E-state index is -0.546. The molecule has 0 radical (unpaired) electrons. The zero-order chi connectivity index (χ0) is 10.6. The molecule has 0 unspecified atom stereocenters. The molecule has 0 aliphatic carbocycles. The van der Waals surface area contributed by atoms with Crippen molar-refractivity contribution in [3.8, 4) is 18.2 Å². The van der Waals surface area contributed by atoms with E-state index in [1.54, 1.807) is 0 Å². The van der Waals surface area contributed by atoms with Crippen molar-refractivity contribution in [2.75, 3.05) is 6.54 Å². The molecule has 0 spiro atoms. The topological polar surface area (TPSA) is 82.2 Å². The summed E-state index contributed by atoms with van der Waals surface area (Å²) in [5, 5.41) is 11.4. The van der Waals surface area contributed by atoms with Crippen molar-refractivity contribution in [2.45, 2.75) is 0 Å². The van der Waals surface area contributed by atoms with E-state index in [9.17, 15) is 9.59 Å². The van der Waals surface area contributed by atoms with Crippen LogP contribution in [0.2, 0.25) is 0 Å². The van der Waals surface area contributed by atoms with Gasteiger partial charge in [-0.15, -0.1) is 6.42 Å². The van der Waals surface area contributed by atoms with Crippen LogP contribution in [-0.4, -0.2) is 22.5 Å². The Kier molecular flexibility index (Phi) is 2.92. The van der Waals surface area contributed by atoms with Gasteiger partial charge in [0.15, 0.2) is 5.88 Å². The molecule has 0 aliphatic rings. The van der Waals surface area contributed by atoms with Gasteiger partial charge in [0.1, 0.15) is 0 Å². The second kappa shape index (κ2) is 4.14. The van der Waals surface area contributed by atoms with Crippen molar-refractivity contribution in [1.82, 2.24) is 10.3 Å². The Morgan fingerprint density at radius 1 is 1.64 bits per heavy atom. The number of nitrogens with one attached hydrogen (secondary N) is 2. The Morgan fingerprint density at radius 3 is 2.93 bits per heavy atom. The number of pyridine rings is 1. The van der Waals surface area contributed by atoms with Gasteiger partial charge in [0, 0.05) is 12.1 Å². The largest absolute Gasteiger partial charge is 0.494 e. The monoisotopic (exact) mass is 192 g/mol. The van der Waals surface area contributed by atoms with Gasteiger partial charge >= 0.3 is 0 Å². The molecule has 1 aromatic heterocycles. The van der Waals surface area contributed by atoms with Crippen LogP contribution >= 0.6 is 0 Å². The summed E-state index contributed by atoms with van der Waals surface area (Å²) in [5.74, 6) is 1.36. The highest BCUT2D eigenvalue weighted by molar-refractivity contribution is 5.94. The van der Waals surface area contributed by atoms with Gasteiger partial charge in [-0.3, -0.25) is 14.6 Å². The van der Waals surface area contributed by atoms with Gasteiger partial charge in [0.2, 0.25) is 0 Å². The number of amides is 1. The lowest BCUT2D eigenvalue weighted by Crippen LogP contribution is -2.24. The van der Waals surface area contributed by atoms with Gasteiger partial charge < -0.3 is 10.4 Å². The second-order valence-electron chi connectivity index (χ2n) is 2.51. The maximum atomic E-state index is 11.2. The van der Waals surface area contributed by atoms with E-state index in [1.165, 1.54) is 0 Å². The van der Waals surface area contributed by atoms with E-state index in [0.29, 0.717) is 0 Å². The zero-order valence-electron chi connectivity index (χ0n) is 7.20. The van der Waals surface area contributed by atoms with Crippen LogP contribution in [0.1, 0.15) is 10.4 Å². The fourth-order valence-electron chi connectivity index (χ4n) is 0.893. The predicted octanol–water partition coefficient (Wildman–Crippen LogP) is -0.557. The Morgan fingerprint density at radius 2 is 2.36 bits per heavy atom. The Balaban J connectivity index is 2.91. The summed E-state index contributed by atoms with van der Waals surface area (Å²) in [5.41, 5.74) is -0.475. The minimum Gasteiger partial charge on any atom is -0.494 e. The van der Waals surface area contributed by atoms with E-state index in [2.05, 4.69) is 16.2 Å². The first-order valence-corrected chi connectivity index (χ1v) is 3.78. The maximum absolute atomic E-state index is 11.2. The van der Waals surface area contributed by atoms with Crippen molar-refractivity contribution >= 4 is 5.91 Å². The Bertz CT molecular complexity index is 442. The molecule has 14 heavy (non-hydrogen) atoms. The van der Waals surface area contributed by atoms with E-state index >= 15 is 0 Å². The summed E-state index contributed by atoms with van der Waals surface area (Å²) in [4.78, 5) is 24.2. The van der Waals surface area contributed by atoms with Gasteiger partial charge in [-0.25, -0.2) is 0 Å². The number of aromatic nitrogens is 1. The molecular formula is C9H8N2O3. The van der Waals surface area contributed by atoms with Crippen LogP contribution in [0.4, 0.5) is 0 Å². The van der Waals surface area contributed by atoms with Gasteiger partial charge in [0.05, 0.1) is 12.1 Å². The first-order valence-electron chi connectivity index (χ1n) is 3.78. The summed E-state index contributed by atoms with van der Waals surface area (Å²) >= 11 is 0. The Hall–Kier alpha value is -2.22. The molecule has 0 saturated heterocycles. The third-order valence-corrected chi connectivity index (χ3v) is 1.44. The van der Waals surface area contributed by atoms with Gasteiger partial charge in [-0.1, -0.05) is 5.92 Å². The number of aromatic hydroxyl groups is 1. The molecule has 0 aliphatic heterocycles. The maximum Gasteiger partial charge on any atom is 0.252 e. The standard InChI is InChI=1S/C9H8N2O3/c1-2-3-10-9(14)6-4-7(12)11-8(13)5-6/h1,4-5H,3H2,(H,10,14)(H2,11,12,13). The molecule has 1 heterocycles. The molecule has 5 nitrogen and oxygen atoms in total. The first kappa shape index (κ1) is 9.86. The van der Waals surface area contributed by atoms with Crippen LogP contribution in [0, 0.1) is 12.3 Å². The van der Waals surface area contributed by atoms with Crippen LogP contribution in [0.3, 0.4) is 0 Å². The van der Waals surface area contributed by atoms with Gasteiger partial charge in [0.25, 0.3) is 11.5 Å². The molecule has 1 amide bonds. The number of carbonyl (C=O) groups excluding carboxylic acids is 1. The van der Waals surface area contributed by atoms with E-state index in [1.807, 2.05) is 0 Å². The van der Waals surface area contributed by atoms with E-state index in [-0.39, 0.29) is 18.0 Å². The SMILES string of the molecule is C#CCNC(=O)c1cc(O)[nH]c(=O)c1. The lowest BCUT2D eigenvalue weighted by molar-refractivity contribution is 0.0958. The van der Waals surface area contributed by atoms with Crippen molar-refractivity contribution in [2.24, 2.45) is 0 Å². The summed E-state index contributed by atoms with van der Waals surface area (Å²) in [6, 6.07) is 2.22. The normalized spacial score (nSPS) is 9.07. The molecule has 72 valence electrons. The quantitative estimate of drug-likeness (QED) is 0.549. The van der Waals surface area contributed by atoms with Crippen LogP contribution < -0.4 is 10.9 Å². The van der Waals surface area contributed by atoms with Gasteiger partial charge in [-0.2, -0.15) is 0 Å². The third-order valence-electron chi connectivity index (χ3n) is 1.44. The Labute approximate surface area is 79.8 Å². The number of H-pyrrole nitrogens is 1. The van der Waals surface area contributed by atoms with E-state index in [0.717, 1.165) is 12.1 Å². The summed E-state index contributed by atoms with van der Waals surface area (Å²) < 4.78 is 0. The fourth-order valence-corrected chi connectivity index (χ4v) is 0.893. The molecule has 0 atom stereocenters. The molecule has 0 fully saturated rings. The highest BCUT2D eigenvalue weighted by atomic mass is 16.3. The smallest absolute Gasteiger partial charge is 0.252 e. The van der Waals surface area contributed by atoms with Crippen molar-refractivity contribution in [3.63, 3.8) is 0 Å². The molecule has 0 bridgehead atoms. The van der Waals surface area contributed by atoms with Gasteiger partial charge in [-0.05, 0) is 0 Å². The van der Waals surface area contributed by atoms with Crippen molar-refractivity contribution < 1.29 is 9.90 Å². The molecular weight excluding hydrogens is 184 g/mol. The number of terminal acetylenes is 1. The first-order chi connectivity index (χ1) is 6.63. The number of hydrogen-bond donors (Lipinski definition) is 3. The summed E-state index contributed by atoms with van der Waals surface area (Å²) in [6.45, 7) is 0.0758. The number of aromatic amines is 1. The highest BCUT2D eigenvalue weighted by Crippen LogP contribution is 2.03. The molecule has 5 heteroatoms. The molecule has 0 saturated carbocycles. The molecule has 0 aromatic carbocycles. The average Bonchev–Trinajstić information content (AvgIpc) is 2.12. The summed E-state index contributed by atoms with van der Waals surface area (Å²) in [7, 11) is 0. The van der Waals surface area contributed by atoms with Crippen LogP contribution in [-0.2, 0) is 0 Å². The van der Waals surface area contributed by atoms with E-state index in [4.69, 9.17) is 11.5 Å². The average molecular weight is 192 g/mol. The van der Waals surface area contributed by atoms with Crippen LogP contribution in [0.25, 0.3) is 0 Å². The molecule has 1 rings (SSSR count). The predicted molar refractivity (Wildman–Crippen MR) is 49.9 cm³/mol. The number of hydrogen-bond acceptors (Lipinski definition) is 3. The third kappa shape index (κ3) is 2.38. The highest BCUT2D eigenvalue weighted by Gasteiger charge is 2.06. The summed E-state index contributed by atoms with van der Waals surface area (Å²) in [6.07, 6.45) is 4.93. The molecule has 1 aromatic rings. The lowest BCUT2D eigenvalue weighted by atomic mass is 10.2. The second-order valence-corrected chi connectivity index (χ2v) is 2.51. The molecule has 3 N–H and O–H groups in total. The van der Waals surface area contributed by atoms with Crippen molar-refractivity contribution in [1.29, 1.82) is 0 Å². The number of carbonyl (C=O) groups is 1. The number of rotatable bonds is 2. The fraction of sp³-hybridized carbons (Fsp3) is 0.111. The van der Waals surface area contributed by atoms with Crippen LogP contribution in [0.15, 0.2) is 16.9 Å². The zero-order valence-corrected chi connectivity index (χ0v) is 7.20. The lowest BCUT2D eigenvalue weighted by Gasteiger charge is -2.00. The minimum absolute atomic E-state index is 0.0708. The van der Waals surface area contributed by atoms with Crippen LogP contribution in [0.5, 0.6) is 5.88 Å². The van der Waals surface area contributed by atoms with E-state index < -0.39 is 11.5 Å². The van der Waals surface area contributed by atoms with Crippen molar-refractivity contribution in [3.05, 3.63) is 28.0 Å².